The Kier molecular flexibility index (Phi) is 10.3. The fraction of sp³-hybridized carbons (Fsp3) is 0.947. The Bertz CT molecular complexity index is 508. The standard InChI is InChI=1S/C19H36N4O2S.HI/c1-3-20-19(22-15-7-5-9-18(11-15)26(24)4-2)21-12-17-13-23-10-6-8-16(23)14-25-17;/h15-18H,3-14H2,1-2H3,(H2,20,21,22);1H. The summed E-state index contributed by atoms with van der Waals surface area (Å²) in [5.41, 5.74) is 0. The maximum atomic E-state index is 12.2. The number of hydrogen-bond donors (Lipinski definition) is 2. The van der Waals surface area contributed by atoms with E-state index in [4.69, 9.17) is 9.73 Å². The van der Waals surface area contributed by atoms with Gasteiger partial charge in [-0.1, -0.05) is 13.3 Å². The highest BCUT2D eigenvalue weighted by atomic mass is 127. The van der Waals surface area contributed by atoms with Crippen molar-refractivity contribution in [1.29, 1.82) is 0 Å². The largest absolute Gasteiger partial charge is 0.373 e. The van der Waals surface area contributed by atoms with Gasteiger partial charge in [0.1, 0.15) is 0 Å². The van der Waals surface area contributed by atoms with Crippen LogP contribution in [0.4, 0.5) is 0 Å². The van der Waals surface area contributed by atoms with E-state index in [1.54, 1.807) is 0 Å². The van der Waals surface area contributed by atoms with Crippen molar-refractivity contribution in [1.82, 2.24) is 15.5 Å². The second kappa shape index (κ2) is 11.9. The van der Waals surface area contributed by atoms with Crippen LogP contribution in [0.25, 0.3) is 0 Å². The number of fused-ring (bicyclic) bond motifs is 1. The molecule has 1 aliphatic carbocycles. The zero-order valence-electron chi connectivity index (χ0n) is 16.8. The molecule has 0 aromatic carbocycles. The number of nitrogens with zero attached hydrogens (tertiary/aromatic N) is 2. The topological polar surface area (TPSA) is 66.0 Å². The molecule has 2 aliphatic heterocycles. The highest BCUT2D eigenvalue weighted by Gasteiger charge is 2.32. The molecular weight excluding hydrogens is 475 g/mol. The first kappa shape index (κ1) is 23.3. The fourth-order valence-corrected chi connectivity index (χ4v) is 5.80. The van der Waals surface area contributed by atoms with E-state index in [0.29, 0.717) is 23.9 Å². The second-order valence-electron chi connectivity index (χ2n) is 7.77. The molecule has 3 aliphatic rings. The maximum Gasteiger partial charge on any atom is 0.191 e. The van der Waals surface area contributed by atoms with Crippen LogP contribution in [0.2, 0.25) is 0 Å². The van der Waals surface area contributed by atoms with Crippen molar-refractivity contribution < 1.29 is 8.95 Å². The number of morpholine rings is 1. The second-order valence-corrected chi connectivity index (χ2v) is 9.77. The van der Waals surface area contributed by atoms with Crippen LogP contribution in [0.1, 0.15) is 52.4 Å². The molecule has 0 spiro atoms. The van der Waals surface area contributed by atoms with Gasteiger partial charge in [0.05, 0.1) is 19.3 Å². The average Bonchev–Trinajstić information content (AvgIpc) is 3.13. The third-order valence-electron chi connectivity index (χ3n) is 5.88. The van der Waals surface area contributed by atoms with E-state index in [0.717, 1.165) is 57.1 Å². The first-order chi connectivity index (χ1) is 12.7. The van der Waals surface area contributed by atoms with Gasteiger partial charge in [0.25, 0.3) is 0 Å². The smallest absolute Gasteiger partial charge is 0.191 e. The van der Waals surface area contributed by atoms with Crippen molar-refractivity contribution in [2.45, 2.75) is 75.8 Å². The monoisotopic (exact) mass is 512 g/mol. The number of aliphatic imine (C=N–C) groups is 1. The van der Waals surface area contributed by atoms with Crippen molar-refractivity contribution in [3.05, 3.63) is 0 Å². The summed E-state index contributed by atoms with van der Waals surface area (Å²) in [5, 5.41) is 7.29. The fourth-order valence-electron chi connectivity index (χ4n) is 4.45. The quantitative estimate of drug-likeness (QED) is 0.324. The van der Waals surface area contributed by atoms with Crippen molar-refractivity contribution in [3.8, 4) is 0 Å². The number of halogens is 1. The molecule has 8 heteroatoms. The lowest BCUT2D eigenvalue weighted by Gasteiger charge is -2.34. The molecule has 0 amide bonds. The number of rotatable bonds is 6. The van der Waals surface area contributed by atoms with E-state index >= 15 is 0 Å². The molecule has 2 N–H and O–H groups in total. The van der Waals surface area contributed by atoms with Gasteiger partial charge in [0, 0.05) is 47.0 Å². The molecule has 3 rings (SSSR count). The van der Waals surface area contributed by atoms with Crippen LogP contribution < -0.4 is 10.6 Å². The molecule has 2 saturated heterocycles. The summed E-state index contributed by atoms with van der Waals surface area (Å²) >= 11 is 0. The third kappa shape index (κ3) is 6.82. The van der Waals surface area contributed by atoms with E-state index < -0.39 is 10.8 Å². The molecule has 27 heavy (non-hydrogen) atoms. The summed E-state index contributed by atoms with van der Waals surface area (Å²) in [6.45, 7) is 8.75. The lowest BCUT2D eigenvalue weighted by Crippen LogP contribution is -2.49. The van der Waals surface area contributed by atoms with Crippen LogP contribution in [0.5, 0.6) is 0 Å². The normalized spacial score (nSPS) is 33.0. The van der Waals surface area contributed by atoms with Crippen molar-refractivity contribution in [3.63, 3.8) is 0 Å². The Morgan fingerprint density at radius 1 is 1.26 bits per heavy atom. The van der Waals surface area contributed by atoms with Crippen LogP contribution in [-0.2, 0) is 15.5 Å². The molecule has 0 radical (unpaired) electrons. The van der Waals surface area contributed by atoms with Gasteiger partial charge in [-0.15, -0.1) is 24.0 Å². The van der Waals surface area contributed by atoms with Crippen molar-refractivity contribution in [2.24, 2.45) is 4.99 Å². The summed E-state index contributed by atoms with van der Waals surface area (Å²) in [6, 6.07) is 1.01. The first-order valence-corrected chi connectivity index (χ1v) is 11.9. The zero-order chi connectivity index (χ0) is 18.4. The molecule has 3 fully saturated rings. The summed E-state index contributed by atoms with van der Waals surface area (Å²) in [7, 11) is -0.689. The van der Waals surface area contributed by atoms with Gasteiger partial charge in [0.15, 0.2) is 5.96 Å². The van der Waals surface area contributed by atoms with Gasteiger partial charge in [-0.2, -0.15) is 0 Å². The Balaban J connectivity index is 0.00000261. The highest BCUT2D eigenvalue weighted by Crippen LogP contribution is 2.24. The van der Waals surface area contributed by atoms with Crippen LogP contribution >= 0.6 is 24.0 Å². The Labute approximate surface area is 184 Å². The predicted molar refractivity (Wildman–Crippen MR) is 124 cm³/mol. The third-order valence-corrected chi connectivity index (χ3v) is 7.62. The van der Waals surface area contributed by atoms with Crippen molar-refractivity contribution >= 4 is 40.7 Å². The van der Waals surface area contributed by atoms with Crippen LogP contribution in [0.3, 0.4) is 0 Å². The van der Waals surface area contributed by atoms with Crippen LogP contribution in [0.15, 0.2) is 4.99 Å². The lowest BCUT2D eigenvalue weighted by atomic mass is 9.95. The van der Waals surface area contributed by atoms with Gasteiger partial charge >= 0.3 is 0 Å². The van der Waals surface area contributed by atoms with Crippen LogP contribution in [-0.4, -0.2) is 77.0 Å². The molecule has 158 valence electrons. The summed E-state index contributed by atoms with van der Waals surface area (Å²) in [5.74, 6) is 1.65. The Morgan fingerprint density at radius 3 is 2.89 bits per heavy atom. The minimum Gasteiger partial charge on any atom is -0.373 e. The molecule has 0 aromatic heterocycles. The van der Waals surface area contributed by atoms with Gasteiger partial charge in [-0.3, -0.25) is 14.1 Å². The van der Waals surface area contributed by atoms with E-state index in [9.17, 15) is 4.21 Å². The van der Waals surface area contributed by atoms with Gasteiger partial charge in [-0.05, 0) is 45.6 Å². The van der Waals surface area contributed by atoms with E-state index in [1.165, 1.54) is 19.4 Å². The summed E-state index contributed by atoms with van der Waals surface area (Å²) in [4.78, 5) is 7.37. The van der Waals surface area contributed by atoms with E-state index in [-0.39, 0.29) is 30.1 Å². The number of nitrogens with one attached hydrogen (secondary N) is 2. The van der Waals surface area contributed by atoms with E-state index in [1.807, 2.05) is 6.92 Å². The average molecular weight is 513 g/mol. The summed E-state index contributed by atoms with van der Waals surface area (Å²) in [6.07, 6.45) is 7.15. The van der Waals surface area contributed by atoms with Crippen molar-refractivity contribution in [2.75, 3.05) is 38.5 Å². The van der Waals surface area contributed by atoms with E-state index in [2.05, 4.69) is 22.5 Å². The molecule has 0 aromatic rings. The van der Waals surface area contributed by atoms with Gasteiger partial charge < -0.3 is 15.4 Å². The lowest BCUT2D eigenvalue weighted by molar-refractivity contribution is -0.0432. The Hall–Kier alpha value is 0.0700. The molecule has 6 nitrogen and oxygen atoms in total. The number of ether oxygens (including phenoxy) is 1. The van der Waals surface area contributed by atoms with Gasteiger partial charge in [-0.25, -0.2) is 0 Å². The summed E-state index contributed by atoms with van der Waals surface area (Å²) < 4.78 is 18.2. The molecule has 1 saturated carbocycles. The number of hydrogen-bond acceptors (Lipinski definition) is 4. The first-order valence-electron chi connectivity index (χ1n) is 10.5. The molecule has 5 atom stereocenters. The molecule has 0 bridgehead atoms. The number of guanidine groups is 1. The minimum absolute atomic E-state index is 0. The SMILES string of the molecule is CCNC(=NCC1CN2CCCC2CO1)NC1CCCC(S(=O)CC)C1.I. The van der Waals surface area contributed by atoms with Crippen LogP contribution in [0, 0.1) is 0 Å². The molecular formula is C19H37IN4O2S. The Morgan fingerprint density at radius 2 is 2.11 bits per heavy atom. The minimum atomic E-state index is -0.689. The molecule has 5 unspecified atom stereocenters. The molecule has 2 heterocycles. The predicted octanol–water partition coefficient (Wildman–Crippen LogP) is 2.10. The van der Waals surface area contributed by atoms with Gasteiger partial charge in [0.2, 0.25) is 0 Å². The maximum absolute atomic E-state index is 12.2. The zero-order valence-corrected chi connectivity index (χ0v) is 20.0. The highest BCUT2D eigenvalue weighted by molar-refractivity contribution is 14.0.